The Balaban J connectivity index is 1.89. The average molecular weight is 244 g/mol. The van der Waals surface area contributed by atoms with E-state index in [9.17, 15) is 0 Å². The van der Waals surface area contributed by atoms with Gasteiger partial charge in [-0.2, -0.15) is 0 Å². The third-order valence-corrected chi connectivity index (χ3v) is 4.38. The minimum absolute atomic E-state index is 0.825. The molecule has 1 aliphatic carbocycles. The quantitative estimate of drug-likeness (QED) is 0.562. The zero-order chi connectivity index (χ0) is 12.5. The van der Waals surface area contributed by atoms with Gasteiger partial charge < -0.3 is 0 Å². The van der Waals surface area contributed by atoms with Gasteiger partial charge in [0, 0.05) is 0 Å². The summed E-state index contributed by atoms with van der Waals surface area (Å²) in [4.78, 5) is 0. The van der Waals surface area contributed by atoms with Crippen LogP contribution in [0.4, 0.5) is 0 Å². The summed E-state index contributed by atoms with van der Waals surface area (Å²) in [5.74, 6) is 0.825. The SMILES string of the molecule is c1ccc(C2CCCCCCCCCCC2)cc1. The topological polar surface area (TPSA) is 0 Å². The van der Waals surface area contributed by atoms with E-state index in [2.05, 4.69) is 30.3 Å². The van der Waals surface area contributed by atoms with Crippen molar-refractivity contribution in [3.05, 3.63) is 35.9 Å². The first-order chi connectivity index (χ1) is 8.97. The Morgan fingerprint density at radius 3 is 1.50 bits per heavy atom. The van der Waals surface area contributed by atoms with Crippen molar-refractivity contribution >= 4 is 0 Å². The van der Waals surface area contributed by atoms with Crippen molar-refractivity contribution < 1.29 is 0 Å². The van der Waals surface area contributed by atoms with Crippen LogP contribution in [-0.2, 0) is 0 Å². The zero-order valence-electron chi connectivity index (χ0n) is 11.7. The molecule has 0 bridgehead atoms. The average Bonchev–Trinajstić information content (AvgIpc) is 2.40. The van der Waals surface area contributed by atoms with Crippen molar-refractivity contribution in [2.24, 2.45) is 0 Å². The van der Waals surface area contributed by atoms with Crippen molar-refractivity contribution in [3.63, 3.8) is 0 Å². The second kappa shape index (κ2) is 8.34. The summed E-state index contributed by atoms with van der Waals surface area (Å²) in [5, 5.41) is 0. The predicted octanol–water partition coefficient (Wildman–Crippen LogP) is 6.07. The van der Waals surface area contributed by atoms with Crippen LogP contribution < -0.4 is 0 Å². The van der Waals surface area contributed by atoms with E-state index in [1.165, 1.54) is 70.6 Å². The first kappa shape index (κ1) is 13.6. The summed E-state index contributed by atoms with van der Waals surface area (Å²) in [7, 11) is 0. The molecule has 1 aliphatic rings. The number of hydrogen-bond donors (Lipinski definition) is 0. The van der Waals surface area contributed by atoms with Crippen molar-refractivity contribution in [1.29, 1.82) is 0 Å². The molecule has 1 aromatic rings. The molecular formula is C18H28. The van der Waals surface area contributed by atoms with Crippen molar-refractivity contribution in [3.8, 4) is 0 Å². The Hall–Kier alpha value is -0.780. The van der Waals surface area contributed by atoms with E-state index in [0.717, 1.165) is 5.92 Å². The molecule has 100 valence electrons. The maximum Gasteiger partial charge on any atom is -0.0162 e. The van der Waals surface area contributed by atoms with Crippen molar-refractivity contribution in [1.82, 2.24) is 0 Å². The molecule has 18 heavy (non-hydrogen) atoms. The molecule has 1 fully saturated rings. The zero-order valence-corrected chi connectivity index (χ0v) is 11.7. The normalized spacial score (nSPS) is 20.9. The summed E-state index contributed by atoms with van der Waals surface area (Å²) in [6.07, 6.45) is 15.9. The molecule has 0 heteroatoms. The van der Waals surface area contributed by atoms with Gasteiger partial charge in [0.25, 0.3) is 0 Å². The van der Waals surface area contributed by atoms with Gasteiger partial charge in [0.15, 0.2) is 0 Å². The molecule has 0 radical (unpaired) electrons. The molecule has 0 heterocycles. The standard InChI is InChI=1S/C18H28/c1-2-4-6-9-13-17(14-10-7-5-3-1)18-15-11-8-12-16-18/h8,11-12,15-17H,1-7,9-10,13-14H2. The van der Waals surface area contributed by atoms with Crippen LogP contribution in [0.2, 0.25) is 0 Å². The Labute approximate surface area is 113 Å². The first-order valence-corrected chi connectivity index (χ1v) is 8.02. The van der Waals surface area contributed by atoms with Crippen molar-refractivity contribution in [2.75, 3.05) is 0 Å². The lowest BCUT2D eigenvalue weighted by Crippen LogP contribution is -2.00. The molecular weight excluding hydrogens is 216 g/mol. The van der Waals surface area contributed by atoms with Gasteiger partial charge in [0.05, 0.1) is 0 Å². The van der Waals surface area contributed by atoms with Crippen LogP contribution in [0.5, 0.6) is 0 Å². The first-order valence-electron chi connectivity index (χ1n) is 8.02. The highest BCUT2D eigenvalue weighted by Crippen LogP contribution is 2.29. The second-order valence-corrected chi connectivity index (χ2v) is 5.87. The highest BCUT2D eigenvalue weighted by atomic mass is 14.2. The molecule has 0 amide bonds. The van der Waals surface area contributed by atoms with E-state index in [0.29, 0.717) is 0 Å². The van der Waals surface area contributed by atoms with Crippen molar-refractivity contribution in [2.45, 2.75) is 76.5 Å². The third-order valence-electron chi connectivity index (χ3n) is 4.38. The van der Waals surface area contributed by atoms with E-state index in [-0.39, 0.29) is 0 Å². The fourth-order valence-corrected chi connectivity index (χ4v) is 3.22. The van der Waals surface area contributed by atoms with Crippen LogP contribution in [0, 0.1) is 0 Å². The maximum absolute atomic E-state index is 2.33. The maximum atomic E-state index is 2.33. The summed E-state index contributed by atoms with van der Waals surface area (Å²) in [6.45, 7) is 0. The van der Waals surface area contributed by atoms with Crippen LogP contribution in [-0.4, -0.2) is 0 Å². The van der Waals surface area contributed by atoms with Gasteiger partial charge >= 0.3 is 0 Å². The predicted molar refractivity (Wildman–Crippen MR) is 80.0 cm³/mol. The molecule has 1 aromatic carbocycles. The van der Waals surface area contributed by atoms with Gasteiger partial charge in [-0.25, -0.2) is 0 Å². The largest absolute Gasteiger partial charge is 0.0622 e. The van der Waals surface area contributed by atoms with Crippen LogP contribution in [0.3, 0.4) is 0 Å². The van der Waals surface area contributed by atoms with Crippen LogP contribution in [0.25, 0.3) is 0 Å². The molecule has 0 N–H and O–H groups in total. The Bertz CT molecular complexity index is 289. The van der Waals surface area contributed by atoms with Crippen LogP contribution in [0.15, 0.2) is 30.3 Å². The lowest BCUT2D eigenvalue weighted by Gasteiger charge is -2.18. The molecule has 1 saturated carbocycles. The third kappa shape index (κ3) is 4.84. The van der Waals surface area contributed by atoms with E-state index in [1.807, 2.05) is 0 Å². The lowest BCUT2D eigenvalue weighted by atomic mass is 9.87. The smallest absolute Gasteiger partial charge is 0.0162 e. The van der Waals surface area contributed by atoms with E-state index < -0.39 is 0 Å². The molecule has 2 rings (SSSR count). The number of benzene rings is 1. The molecule has 0 aromatic heterocycles. The minimum atomic E-state index is 0.825. The molecule has 0 atom stereocenters. The molecule has 0 nitrogen and oxygen atoms in total. The molecule has 0 saturated heterocycles. The summed E-state index contributed by atoms with van der Waals surface area (Å²) >= 11 is 0. The minimum Gasteiger partial charge on any atom is -0.0622 e. The monoisotopic (exact) mass is 244 g/mol. The summed E-state index contributed by atoms with van der Waals surface area (Å²) in [5.41, 5.74) is 1.58. The number of rotatable bonds is 1. The van der Waals surface area contributed by atoms with E-state index in [1.54, 1.807) is 5.56 Å². The van der Waals surface area contributed by atoms with Gasteiger partial charge in [0.1, 0.15) is 0 Å². The number of hydrogen-bond acceptors (Lipinski definition) is 0. The van der Waals surface area contributed by atoms with E-state index >= 15 is 0 Å². The van der Waals surface area contributed by atoms with E-state index in [4.69, 9.17) is 0 Å². The summed E-state index contributed by atoms with van der Waals surface area (Å²) < 4.78 is 0. The second-order valence-electron chi connectivity index (χ2n) is 5.87. The molecule has 0 unspecified atom stereocenters. The Kier molecular flexibility index (Phi) is 6.33. The summed E-state index contributed by atoms with van der Waals surface area (Å²) in [6, 6.07) is 11.2. The fourth-order valence-electron chi connectivity index (χ4n) is 3.22. The van der Waals surface area contributed by atoms with Gasteiger partial charge in [-0.1, -0.05) is 88.1 Å². The Morgan fingerprint density at radius 2 is 1.00 bits per heavy atom. The van der Waals surface area contributed by atoms with Crippen LogP contribution in [0.1, 0.15) is 82.1 Å². The highest BCUT2D eigenvalue weighted by molar-refractivity contribution is 5.19. The molecule has 0 spiro atoms. The fraction of sp³-hybridized carbons (Fsp3) is 0.667. The highest BCUT2D eigenvalue weighted by Gasteiger charge is 2.11. The van der Waals surface area contributed by atoms with Gasteiger partial charge in [0.2, 0.25) is 0 Å². The molecule has 0 aliphatic heterocycles. The van der Waals surface area contributed by atoms with Crippen LogP contribution >= 0.6 is 0 Å². The van der Waals surface area contributed by atoms with Gasteiger partial charge in [-0.3, -0.25) is 0 Å². The van der Waals surface area contributed by atoms with Gasteiger partial charge in [-0.05, 0) is 24.3 Å². The Morgan fingerprint density at radius 1 is 0.556 bits per heavy atom. The lowest BCUT2D eigenvalue weighted by molar-refractivity contribution is 0.467. The van der Waals surface area contributed by atoms with Gasteiger partial charge in [-0.15, -0.1) is 0 Å².